The summed E-state index contributed by atoms with van der Waals surface area (Å²) in [6.07, 6.45) is 16.0. The van der Waals surface area contributed by atoms with E-state index in [4.69, 9.17) is 24.1 Å². The van der Waals surface area contributed by atoms with Gasteiger partial charge in [0.1, 0.15) is 23.4 Å². The van der Waals surface area contributed by atoms with Crippen molar-refractivity contribution in [1.82, 2.24) is 0 Å². The number of ether oxygens (including phenoxy) is 4. The first-order valence-electron chi connectivity index (χ1n) is 11.3. The second-order valence-corrected chi connectivity index (χ2v) is 9.18. The van der Waals surface area contributed by atoms with E-state index in [1.54, 1.807) is 37.5 Å². The van der Waals surface area contributed by atoms with Crippen LogP contribution < -0.4 is 0 Å². The number of carbonyl (C=O) groups is 2. The fourth-order valence-corrected chi connectivity index (χ4v) is 4.79. The van der Waals surface area contributed by atoms with Crippen molar-refractivity contribution in [2.24, 2.45) is 5.92 Å². The van der Waals surface area contributed by atoms with Crippen LogP contribution in [-0.2, 0) is 28.5 Å². The van der Waals surface area contributed by atoms with Crippen LogP contribution in [0.4, 0.5) is 0 Å². The molecule has 0 bridgehead atoms. The first kappa shape index (κ1) is 25.1. The van der Waals surface area contributed by atoms with Gasteiger partial charge in [-0.2, -0.15) is 0 Å². The lowest BCUT2D eigenvalue weighted by Crippen LogP contribution is -2.55. The second-order valence-electron chi connectivity index (χ2n) is 9.18. The van der Waals surface area contributed by atoms with Gasteiger partial charge in [-0.15, -0.1) is 0 Å². The number of rotatable bonds is 10. The minimum atomic E-state index is -1.00. The molecule has 0 amide bonds. The zero-order valence-electron chi connectivity index (χ0n) is 19.7. The number of allylic oxidation sites excluding steroid dienone is 7. The molecule has 0 unspecified atom stereocenters. The number of carboxylic acid groups (broad SMARTS) is 1. The van der Waals surface area contributed by atoms with E-state index in [9.17, 15) is 9.59 Å². The van der Waals surface area contributed by atoms with Gasteiger partial charge in [0.15, 0.2) is 0 Å². The summed E-state index contributed by atoms with van der Waals surface area (Å²) in [5.41, 5.74) is 0.642. The van der Waals surface area contributed by atoms with E-state index in [0.717, 1.165) is 18.9 Å². The molecule has 1 N–H and O–H groups in total. The minimum absolute atomic E-state index is 0.00928. The van der Waals surface area contributed by atoms with Crippen LogP contribution in [0.2, 0.25) is 0 Å². The summed E-state index contributed by atoms with van der Waals surface area (Å²) in [7, 11) is 1.65. The molecule has 7 nitrogen and oxygen atoms in total. The molecule has 2 aliphatic heterocycles. The Morgan fingerprint density at radius 3 is 2.30 bits per heavy atom. The average molecular weight is 459 g/mol. The number of methoxy groups -OCH3 is 1. The molecule has 0 aromatic rings. The van der Waals surface area contributed by atoms with E-state index in [2.05, 4.69) is 26.8 Å². The largest absolute Gasteiger partial charge is 0.478 e. The molecule has 0 aromatic heterocycles. The van der Waals surface area contributed by atoms with Gasteiger partial charge >= 0.3 is 11.9 Å². The Morgan fingerprint density at radius 2 is 1.73 bits per heavy atom. The highest BCUT2D eigenvalue weighted by Crippen LogP contribution is 2.59. The van der Waals surface area contributed by atoms with Crippen LogP contribution in [0.15, 0.2) is 60.3 Å². The van der Waals surface area contributed by atoms with Gasteiger partial charge in [-0.05, 0) is 40.0 Å². The summed E-state index contributed by atoms with van der Waals surface area (Å²) in [5.74, 6) is -1.45. The molecule has 0 aromatic carbocycles. The van der Waals surface area contributed by atoms with Crippen LogP contribution in [0.5, 0.6) is 0 Å². The van der Waals surface area contributed by atoms with Crippen LogP contribution in [0.1, 0.15) is 40.0 Å². The number of carboxylic acids is 1. The molecule has 33 heavy (non-hydrogen) atoms. The normalized spacial score (nSPS) is 35.6. The quantitative estimate of drug-likeness (QED) is 0.174. The maximum Gasteiger partial charge on any atom is 0.331 e. The van der Waals surface area contributed by atoms with Gasteiger partial charge in [-0.25, -0.2) is 9.59 Å². The van der Waals surface area contributed by atoms with Crippen LogP contribution in [0.25, 0.3) is 0 Å². The van der Waals surface area contributed by atoms with Crippen molar-refractivity contribution >= 4 is 11.9 Å². The highest BCUT2D eigenvalue weighted by Gasteiger charge is 2.72. The highest BCUT2D eigenvalue weighted by molar-refractivity contribution is 5.82. The fraction of sp³-hybridized carbons (Fsp3) is 0.538. The SMILES string of the molecule is CO[C@@H]1[C@@H](OC(=O)/C=C/C=C\C=C/C=C\C(=O)O)CC[C@]2(CO2)[C@H]1[C@]1(C)O[C@H]1CC=C(C)C. The molecule has 2 heterocycles. The predicted molar refractivity (Wildman–Crippen MR) is 124 cm³/mol. The van der Waals surface area contributed by atoms with Crippen molar-refractivity contribution in [3.05, 3.63) is 60.3 Å². The van der Waals surface area contributed by atoms with Crippen LogP contribution in [-0.4, -0.2) is 60.3 Å². The molecule has 0 radical (unpaired) electrons. The molecule has 3 aliphatic rings. The van der Waals surface area contributed by atoms with Gasteiger partial charge in [0.05, 0.1) is 18.6 Å². The molecule has 180 valence electrons. The second kappa shape index (κ2) is 10.6. The summed E-state index contributed by atoms with van der Waals surface area (Å²) < 4.78 is 23.8. The third-order valence-corrected chi connectivity index (χ3v) is 6.53. The van der Waals surface area contributed by atoms with Crippen molar-refractivity contribution in [2.45, 2.75) is 69.5 Å². The lowest BCUT2D eigenvalue weighted by atomic mass is 9.68. The number of esters is 1. The van der Waals surface area contributed by atoms with Crippen molar-refractivity contribution in [1.29, 1.82) is 0 Å². The van der Waals surface area contributed by atoms with E-state index < -0.39 is 11.9 Å². The topological polar surface area (TPSA) is 97.9 Å². The van der Waals surface area contributed by atoms with E-state index >= 15 is 0 Å². The monoisotopic (exact) mass is 458 g/mol. The first-order valence-corrected chi connectivity index (χ1v) is 11.3. The Bertz CT molecular complexity index is 873. The van der Waals surface area contributed by atoms with Crippen LogP contribution in [0, 0.1) is 5.92 Å². The first-order chi connectivity index (χ1) is 15.7. The van der Waals surface area contributed by atoms with Crippen molar-refractivity contribution in [3.8, 4) is 0 Å². The van der Waals surface area contributed by atoms with E-state index in [1.165, 1.54) is 17.7 Å². The van der Waals surface area contributed by atoms with Crippen molar-refractivity contribution in [3.63, 3.8) is 0 Å². The molecule has 3 fully saturated rings. The molecule has 6 atom stereocenters. The number of hydrogen-bond acceptors (Lipinski definition) is 6. The summed E-state index contributed by atoms with van der Waals surface area (Å²) in [6.45, 7) is 6.96. The summed E-state index contributed by atoms with van der Waals surface area (Å²) >= 11 is 0. The van der Waals surface area contributed by atoms with Crippen LogP contribution in [0.3, 0.4) is 0 Å². The average Bonchev–Trinajstić information content (AvgIpc) is 3.67. The maximum absolute atomic E-state index is 12.4. The predicted octanol–water partition coefficient (Wildman–Crippen LogP) is 3.92. The Balaban J connectivity index is 1.59. The lowest BCUT2D eigenvalue weighted by molar-refractivity contribution is -0.166. The molecule has 3 rings (SSSR count). The zero-order chi connectivity index (χ0) is 24.1. The Morgan fingerprint density at radius 1 is 1.09 bits per heavy atom. The Kier molecular flexibility index (Phi) is 8.10. The molecular formula is C26H34O7. The third kappa shape index (κ3) is 6.31. The summed E-state index contributed by atoms with van der Waals surface area (Å²) in [4.78, 5) is 22.8. The smallest absolute Gasteiger partial charge is 0.331 e. The highest BCUT2D eigenvalue weighted by atomic mass is 16.6. The van der Waals surface area contributed by atoms with E-state index in [-0.39, 0.29) is 35.4 Å². The molecule has 2 saturated heterocycles. The minimum Gasteiger partial charge on any atom is -0.478 e. The maximum atomic E-state index is 12.4. The van der Waals surface area contributed by atoms with Crippen LogP contribution >= 0.6 is 0 Å². The zero-order valence-corrected chi connectivity index (χ0v) is 19.7. The molecule has 7 heteroatoms. The Hall–Kier alpha value is -2.48. The standard InChI is InChI=1S/C26H34O7/c1-18(2)13-14-20-25(3,33-20)24-23(30-4)19(15-16-26(24)17-31-26)32-22(29)12-10-8-6-5-7-9-11-21(27)28/h5-13,19-20,23-24H,14-17H2,1-4H3,(H,27,28)/b7-5-,8-6-,11-9-,12-10+/t19-,20-,23+,24+,25+,26-/m0/s1. The number of aliphatic carboxylic acids is 1. The van der Waals surface area contributed by atoms with Gasteiger partial charge in [0.25, 0.3) is 0 Å². The van der Waals surface area contributed by atoms with Crippen molar-refractivity contribution in [2.75, 3.05) is 13.7 Å². The molecule has 1 aliphatic carbocycles. The lowest BCUT2D eigenvalue weighted by Gasteiger charge is -2.42. The van der Waals surface area contributed by atoms with Gasteiger partial charge < -0.3 is 24.1 Å². The summed E-state index contributed by atoms with van der Waals surface area (Å²) in [6, 6.07) is 0. The van der Waals surface area contributed by atoms with Gasteiger partial charge in [-0.3, -0.25) is 0 Å². The van der Waals surface area contributed by atoms with Crippen molar-refractivity contribution < 1.29 is 33.6 Å². The number of epoxide rings is 2. The summed E-state index contributed by atoms with van der Waals surface area (Å²) in [5, 5.41) is 8.51. The number of carbonyl (C=O) groups excluding carboxylic acids is 1. The molecule has 1 saturated carbocycles. The molecular weight excluding hydrogens is 424 g/mol. The van der Waals surface area contributed by atoms with E-state index in [0.29, 0.717) is 13.0 Å². The number of hydrogen-bond donors (Lipinski definition) is 1. The van der Waals surface area contributed by atoms with E-state index in [1.807, 2.05) is 0 Å². The fourth-order valence-electron chi connectivity index (χ4n) is 4.79. The van der Waals surface area contributed by atoms with Gasteiger partial charge in [0.2, 0.25) is 0 Å². The van der Waals surface area contributed by atoms with Gasteiger partial charge in [-0.1, -0.05) is 48.1 Å². The van der Waals surface area contributed by atoms with Gasteiger partial charge in [0, 0.05) is 19.3 Å². The Labute approximate surface area is 195 Å². The third-order valence-electron chi connectivity index (χ3n) is 6.53. The molecule has 1 spiro atoms.